The smallest absolute Gasteiger partial charge is 0.323 e. The number of aryl methyl sites for hydroxylation is 1. The monoisotopic (exact) mass is 467 g/mol. The predicted molar refractivity (Wildman–Crippen MR) is 123 cm³/mol. The highest BCUT2D eigenvalue weighted by Crippen LogP contribution is 2.37. The molecule has 3 amide bonds. The number of methoxy groups -OCH3 is 1. The van der Waals surface area contributed by atoms with E-state index in [1.165, 1.54) is 25.1 Å². The number of benzene rings is 1. The summed E-state index contributed by atoms with van der Waals surface area (Å²) >= 11 is 0. The molecule has 3 heterocycles. The SMILES string of the molecule is CNC(=O)c1nnc(NC(=O)N2CC(C)(O)C2)cc1Nc1cccc(-c2ncn(C)n2)c1OC. The van der Waals surface area contributed by atoms with Gasteiger partial charge in [-0.1, -0.05) is 6.07 Å². The fourth-order valence-corrected chi connectivity index (χ4v) is 3.58. The van der Waals surface area contributed by atoms with Crippen molar-refractivity contribution in [3.63, 3.8) is 0 Å². The van der Waals surface area contributed by atoms with E-state index in [1.807, 2.05) is 6.07 Å². The van der Waals surface area contributed by atoms with Gasteiger partial charge >= 0.3 is 6.03 Å². The third kappa shape index (κ3) is 4.59. The molecule has 178 valence electrons. The van der Waals surface area contributed by atoms with Crippen LogP contribution in [0.5, 0.6) is 5.75 Å². The Morgan fingerprint density at radius 2 is 1.97 bits per heavy atom. The van der Waals surface area contributed by atoms with E-state index in [0.717, 1.165) is 0 Å². The summed E-state index contributed by atoms with van der Waals surface area (Å²) in [5, 5.41) is 30.4. The van der Waals surface area contributed by atoms with Crippen LogP contribution in [-0.4, -0.2) is 79.8 Å². The largest absolute Gasteiger partial charge is 0.494 e. The highest BCUT2D eigenvalue weighted by Gasteiger charge is 2.39. The van der Waals surface area contributed by atoms with Gasteiger partial charge in [-0.3, -0.25) is 14.8 Å². The number of hydrogen-bond donors (Lipinski definition) is 4. The number of carbonyl (C=O) groups is 2. The number of rotatable bonds is 6. The van der Waals surface area contributed by atoms with E-state index in [4.69, 9.17) is 4.74 Å². The van der Waals surface area contributed by atoms with Crippen molar-refractivity contribution >= 4 is 29.1 Å². The average Bonchev–Trinajstić information content (AvgIpc) is 3.23. The minimum atomic E-state index is -0.900. The van der Waals surface area contributed by atoms with E-state index in [-0.39, 0.29) is 24.6 Å². The molecule has 3 aromatic rings. The van der Waals surface area contributed by atoms with Gasteiger partial charge in [0.25, 0.3) is 5.91 Å². The van der Waals surface area contributed by atoms with Gasteiger partial charge in [0.2, 0.25) is 0 Å². The summed E-state index contributed by atoms with van der Waals surface area (Å²) in [6.45, 7) is 2.07. The molecule has 0 saturated carbocycles. The molecule has 1 aliphatic heterocycles. The molecule has 0 radical (unpaired) electrons. The molecule has 13 nitrogen and oxygen atoms in total. The lowest BCUT2D eigenvalue weighted by molar-refractivity contribution is -0.0581. The maximum absolute atomic E-state index is 12.4. The minimum Gasteiger partial charge on any atom is -0.494 e. The van der Waals surface area contributed by atoms with Crippen LogP contribution in [0.15, 0.2) is 30.6 Å². The summed E-state index contributed by atoms with van der Waals surface area (Å²) in [4.78, 5) is 30.6. The van der Waals surface area contributed by atoms with Gasteiger partial charge in [0.1, 0.15) is 6.33 Å². The van der Waals surface area contributed by atoms with Gasteiger partial charge in [-0.2, -0.15) is 5.10 Å². The highest BCUT2D eigenvalue weighted by atomic mass is 16.5. The Labute approximate surface area is 195 Å². The van der Waals surface area contributed by atoms with Gasteiger partial charge in [-0.15, -0.1) is 10.2 Å². The first-order chi connectivity index (χ1) is 16.2. The number of carbonyl (C=O) groups excluding carboxylic acids is 2. The lowest BCUT2D eigenvalue weighted by Gasteiger charge is -2.43. The number of aliphatic hydroxyl groups is 1. The Morgan fingerprint density at radius 3 is 2.59 bits per heavy atom. The van der Waals surface area contributed by atoms with Crippen molar-refractivity contribution < 1.29 is 19.4 Å². The van der Waals surface area contributed by atoms with Crippen molar-refractivity contribution in [2.45, 2.75) is 12.5 Å². The quantitative estimate of drug-likeness (QED) is 0.414. The van der Waals surface area contributed by atoms with Crippen LogP contribution >= 0.6 is 0 Å². The molecule has 1 aromatic carbocycles. The van der Waals surface area contributed by atoms with Crippen LogP contribution in [0.1, 0.15) is 17.4 Å². The van der Waals surface area contributed by atoms with E-state index < -0.39 is 17.5 Å². The summed E-state index contributed by atoms with van der Waals surface area (Å²) in [6.07, 6.45) is 1.58. The van der Waals surface area contributed by atoms with Gasteiger partial charge in [-0.25, -0.2) is 9.78 Å². The molecular formula is C21H25N9O4. The van der Waals surface area contributed by atoms with Crippen molar-refractivity contribution in [2.24, 2.45) is 7.05 Å². The minimum absolute atomic E-state index is 0.0239. The topological polar surface area (TPSA) is 159 Å². The number of β-amino-alcohol motifs (C(OH)–C–C–N with tert-alkyl or cyclic N) is 1. The van der Waals surface area contributed by atoms with Crippen LogP contribution in [0.4, 0.5) is 22.0 Å². The molecule has 0 unspecified atom stereocenters. The first kappa shape index (κ1) is 22.9. The van der Waals surface area contributed by atoms with Gasteiger partial charge in [-0.05, 0) is 19.1 Å². The van der Waals surface area contributed by atoms with Crippen molar-refractivity contribution in [2.75, 3.05) is 37.9 Å². The van der Waals surface area contributed by atoms with Crippen LogP contribution < -0.4 is 20.7 Å². The number of aromatic nitrogens is 5. The maximum atomic E-state index is 12.4. The number of hydrogen-bond acceptors (Lipinski definition) is 9. The second-order valence-electron chi connectivity index (χ2n) is 8.11. The summed E-state index contributed by atoms with van der Waals surface area (Å²) in [5.74, 6) is 0.601. The summed E-state index contributed by atoms with van der Waals surface area (Å²) < 4.78 is 7.20. The Hall–Kier alpha value is -4.26. The second-order valence-corrected chi connectivity index (χ2v) is 8.11. The average molecular weight is 467 g/mol. The molecule has 2 aromatic heterocycles. The number of likely N-dealkylation sites (tertiary alicyclic amines) is 1. The number of para-hydroxylation sites is 1. The fourth-order valence-electron chi connectivity index (χ4n) is 3.58. The number of ether oxygens (including phenoxy) is 1. The molecule has 0 bridgehead atoms. The van der Waals surface area contributed by atoms with E-state index in [0.29, 0.717) is 28.5 Å². The van der Waals surface area contributed by atoms with Crippen LogP contribution in [0, 0.1) is 0 Å². The van der Waals surface area contributed by atoms with E-state index in [9.17, 15) is 14.7 Å². The van der Waals surface area contributed by atoms with Crippen LogP contribution in [0.3, 0.4) is 0 Å². The second kappa shape index (κ2) is 8.94. The molecule has 34 heavy (non-hydrogen) atoms. The zero-order chi connectivity index (χ0) is 24.5. The van der Waals surface area contributed by atoms with Crippen LogP contribution in [-0.2, 0) is 7.05 Å². The Balaban J connectivity index is 1.65. The fraction of sp³-hybridized carbons (Fsp3) is 0.333. The molecule has 13 heteroatoms. The molecular weight excluding hydrogens is 442 g/mol. The molecule has 0 aliphatic carbocycles. The first-order valence-corrected chi connectivity index (χ1v) is 10.4. The molecule has 4 N–H and O–H groups in total. The third-order valence-electron chi connectivity index (χ3n) is 5.15. The molecule has 1 saturated heterocycles. The summed E-state index contributed by atoms with van der Waals surface area (Å²) in [7, 11) is 4.76. The zero-order valence-electron chi connectivity index (χ0n) is 19.2. The molecule has 0 spiro atoms. The van der Waals surface area contributed by atoms with Gasteiger partial charge in [0, 0.05) is 20.2 Å². The van der Waals surface area contributed by atoms with Crippen molar-refractivity contribution in [1.29, 1.82) is 0 Å². The number of anilines is 3. The number of amides is 3. The first-order valence-electron chi connectivity index (χ1n) is 10.4. The van der Waals surface area contributed by atoms with Gasteiger partial charge < -0.3 is 25.4 Å². The van der Waals surface area contributed by atoms with E-state index >= 15 is 0 Å². The zero-order valence-corrected chi connectivity index (χ0v) is 19.2. The Bertz CT molecular complexity index is 1230. The van der Waals surface area contributed by atoms with Gasteiger partial charge in [0.15, 0.2) is 23.1 Å². The van der Waals surface area contributed by atoms with Crippen molar-refractivity contribution in [1.82, 2.24) is 35.2 Å². The van der Waals surface area contributed by atoms with Crippen LogP contribution in [0.25, 0.3) is 11.4 Å². The highest BCUT2D eigenvalue weighted by molar-refractivity contribution is 5.99. The third-order valence-corrected chi connectivity index (χ3v) is 5.15. The molecule has 0 atom stereocenters. The standard InChI is InChI=1S/C21H25N9O4/c1-21(33)9-30(10-21)20(32)25-15-8-14(16(27-26-15)19(31)22-2)24-13-7-5-6-12(17(13)34-4)18-23-11-29(3)28-18/h5-8,11,33H,9-10H2,1-4H3,(H,22,31)(H2,24,25,26,32). The Kier molecular flexibility index (Phi) is 6.03. The van der Waals surface area contributed by atoms with Gasteiger partial charge in [0.05, 0.1) is 42.7 Å². The summed E-state index contributed by atoms with van der Waals surface area (Å²) in [6, 6.07) is 6.44. The number of nitrogens with zero attached hydrogens (tertiary/aromatic N) is 6. The van der Waals surface area contributed by atoms with Crippen LogP contribution in [0.2, 0.25) is 0 Å². The molecule has 4 rings (SSSR count). The molecule has 1 aliphatic rings. The maximum Gasteiger partial charge on any atom is 0.323 e. The van der Waals surface area contributed by atoms with E-state index in [2.05, 4.69) is 36.2 Å². The predicted octanol–water partition coefficient (Wildman–Crippen LogP) is 0.982. The number of nitrogens with one attached hydrogen (secondary N) is 3. The summed E-state index contributed by atoms with van der Waals surface area (Å²) in [5.41, 5.74) is 0.597. The van der Waals surface area contributed by atoms with Crippen molar-refractivity contribution in [3.05, 3.63) is 36.3 Å². The van der Waals surface area contributed by atoms with Crippen molar-refractivity contribution in [3.8, 4) is 17.1 Å². The Morgan fingerprint density at radius 1 is 1.21 bits per heavy atom. The number of urea groups is 1. The van der Waals surface area contributed by atoms with E-state index in [1.54, 1.807) is 37.1 Å². The lowest BCUT2D eigenvalue weighted by atomic mass is 9.98. The lowest BCUT2D eigenvalue weighted by Crippen LogP contribution is -2.62. The normalized spacial score (nSPS) is 14.2. The molecule has 1 fully saturated rings.